The molecule has 0 unspecified atom stereocenters. The molecule has 292 valence electrons. The number of hydrogen-bond acceptors (Lipinski definition) is 3. The Hall–Kier alpha value is -7.92. The van der Waals surface area contributed by atoms with Gasteiger partial charge in [-0.2, -0.15) is 0 Å². The van der Waals surface area contributed by atoms with Crippen LogP contribution in [0.1, 0.15) is 22.3 Å². The Morgan fingerprint density at radius 1 is 0.333 bits per heavy atom. The zero-order chi connectivity index (χ0) is 41.2. The molecule has 3 nitrogen and oxygen atoms in total. The van der Waals surface area contributed by atoms with E-state index in [9.17, 15) is 0 Å². The average molecular weight is 818 g/mol. The van der Waals surface area contributed by atoms with Crippen molar-refractivity contribution in [2.75, 3.05) is 0 Å². The second kappa shape index (κ2) is 13.0. The lowest BCUT2D eigenvalue weighted by Crippen LogP contribution is -2.25. The smallest absolute Gasteiger partial charge is 0.235 e. The van der Waals surface area contributed by atoms with Crippen LogP contribution in [0.4, 0.5) is 0 Å². The highest BCUT2D eigenvalue weighted by molar-refractivity contribution is 7.25. The van der Waals surface area contributed by atoms with E-state index >= 15 is 0 Å². The molecule has 0 amide bonds. The predicted octanol–water partition coefficient (Wildman–Crippen LogP) is 15.3. The lowest BCUT2D eigenvalue weighted by Gasteiger charge is -2.30. The quantitative estimate of drug-likeness (QED) is 0.177. The molecule has 0 bridgehead atoms. The molecule has 0 N–H and O–H groups in total. The molecule has 9 aromatic carbocycles. The van der Waals surface area contributed by atoms with E-state index in [0.29, 0.717) is 5.95 Å². The van der Waals surface area contributed by atoms with Gasteiger partial charge in [0.05, 0.1) is 27.8 Å². The Labute approximate surface area is 367 Å². The van der Waals surface area contributed by atoms with Crippen molar-refractivity contribution in [3.8, 4) is 61.8 Å². The third kappa shape index (κ3) is 4.84. The van der Waals surface area contributed by atoms with E-state index in [1.165, 1.54) is 86.6 Å². The third-order valence-electron chi connectivity index (χ3n) is 13.6. The highest BCUT2D eigenvalue weighted by Crippen LogP contribution is 2.63. The Balaban J connectivity index is 0.951. The van der Waals surface area contributed by atoms with Gasteiger partial charge in [0, 0.05) is 42.1 Å². The Bertz CT molecular complexity index is 3760. The summed E-state index contributed by atoms with van der Waals surface area (Å²) in [6.07, 6.45) is 0. The topological polar surface area (TPSA) is 30.7 Å². The fraction of sp³-hybridized carbons (Fsp3) is 0.0169. The molecule has 0 atom stereocenters. The van der Waals surface area contributed by atoms with Crippen molar-refractivity contribution in [1.29, 1.82) is 0 Å². The van der Waals surface area contributed by atoms with Gasteiger partial charge in [-0.3, -0.25) is 4.57 Å². The molecule has 0 radical (unpaired) electrons. The van der Waals surface area contributed by atoms with Gasteiger partial charge in [0.2, 0.25) is 5.95 Å². The normalized spacial score (nSPS) is 13.2. The zero-order valence-electron chi connectivity index (χ0n) is 34.0. The molecule has 0 saturated heterocycles. The zero-order valence-corrected chi connectivity index (χ0v) is 34.8. The largest absolute Gasteiger partial charge is 0.278 e. The van der Waals surface area contributed by atoms with E-state index in [2.05, 4.69) is 205 Å². The van der Waals surface area contributed by atoms with Gasteiger partial charge in [-0.15, -0.1) is 11.3 Å². The minimum atomic E-state index is -0.370. The van der Waals surface area contributed by atoms with Crippen LogP contribution in [0.25, 0.3) is 104 Å². The first-order chi connectivity index (χ1) is 31.2. The van der Waals surface area contributed by atoms with Crippen LogP contribution in [-0.4, -0.2) is 14.5 Å². The van der Waals surface area contributed by atoms with Gasteiger partial charge in [-0.25, -0.2) is 9.97 Å². The average Bonchev–Trinajstić information content (AvgIpc) is 4.06. The summed E-state index contributed by atoms with van der Waals surface area (Å²) in [5.41, 5.74) is 18.9. The molecule has 12 aromatic rings. The first-order valence-electron chi connectivity index (χ1n) is 21.6. The van der Waals surface area contributed by atoms with E-state index in [0.717, 1.165) is 33.5 Å². The Morgan fingerprint density at radius 3 is 1.49 bits per heavy atom. The third-order valence-corrected chi connectivity index (χ3v) is 14.8. The molecular formula is C59H35N3S. The Morgan fingerprint density at radius 2 is 0.841 bits per heavy atom. The van der Waals surface area contributed by atoms with E-state index in [4.69, 9.17) is 9.97 Å². The van der Waals surface area contributed by atoms with E-state index in [1.807, 2.05) is 23.5 Å². The highest BCUT2D eigenvalue weighted by atomic mass is 32.1. The van der Waals surface area contributed by atoms with Crippen LogP contribution in [0, 0.1) is 0 Å². The maximum Gasteiger partial charge on any atom is 0.235 e. The Kier molecular flexibility index (Phi) is 7.20. The summed E-state index contributed by atoms with van der Waals surface area (Å²) in [6, 6.07) is 77.7. The number of aromatic nitrogens is 3. The summed E-state index contributed by atoms with van der Waals surface area (Å²) in [6.45, 7) is 0. The van der Waals surface area contributed by atoms with Gasteiger partial charge in [-0.05, 0) is 104 Å². The highest BCUT2D eigenvalue weighted by Gasteiger charge is 2.51. The molecule has 2 aliphatic carbocycles. The number of thiophene rings is 1. The summed E-state index contributed by atoms with van der Waals surface area (Å²) in [5, 5.41) is 4.95. The van der Waals surface area contributed by atoms with Gasteiger partial charge in [0.1, 0.15) is 0 Å². The number of fused-ring (bicyclic) bond motifs is 16. The molecular weight excluding hydrogens is 783 g/mol. The lowest BCUT2D eigenvalue weighted by molar-refractivity contribution is 0.795. The molecule has 3 heterocycles. The van der Waals surface area contributed by atoms with E-state index in [-0.39, 0.29) is 5.41 Å². The molecule has 0 fully saturated rings. The van der Waals surface area contributed by atoms with Crippen LogP contribution in [0.5, 0.6) is 0 Å². The molecule has 0 saturated carbocycles. The van der Waals surface area contributed by atoms with Gasteiger partial charge >= 0.3 is 0 Å². The number of nitrogens with zero attached hydrogens (tertiary/aromatic N) is 3. The van der Waals surface area contributed by atoms with Crippen LogP contribution in [0.2, 0.25) is 0 Å². The summed E-state index contributed by atoms with van der Waals surface area (Å²) in [7, 11) is 0. The molecule has 63 heavy (non-hydrogen) atoms. The monoisotopic (exact) mass is 817 g/mol. The first-order valence-corrected chi connectivity index (χ1v) is 22.4. The molecule has 14 rings (SSSR count). The molecule has 3 aromatic heterocycles. The number of para-hydroxylation sites is 1. The van der Waals surface area contributed by atoms with Crippen LogP contribution in [0.3, 0.4) is 0 Å². The fourth-order valence-electron chi connectivity index (χ4n) is 11.0. The second-order valence-corrected chi connectivity index (χ2v) is 17.9. The maximum absolute atomic E-state index is 5.25. The van der Waals surface area contributed by atoms with Crippen LogP contribution in [-0.2, 0) is 5.41 Å². The fourth-order valence-corrected chi connectivity index (χ4v) is 12.1. The first kappa shape index (κ1) is 34.8. The van der Waals surface area contributed by atoms with E-state index < -0.39 is 0 Å². The molecule has 4 heteroatoms. The summed E-state index contributed by atoms with van der Waals surface area (Å²) >= 11 is 1.90. The molecule has 0 aliphatic heterocycles. The summed E-state index contributed by atoms with van der Waals surface area (Å²) in [4.78, 5) is 10.5. The van der Waals surface area contributed by atoms with Crippen LogP contribution >= 0.6 is 11.3 Å². The predicted molar refractivity (Wildman–Crippen MR) is 262 cm³/mol. The van der Waals surface area contributed by atoms with Crippen LogP contribution < -0.4 is 0 Å². The van der Waals surface area contributed by atoms with Gasteiger partial charge < -0.3 is 0 Å². The van der Waals surface area contributed by atoms with Crippen molar-refractivity contribution >= 4 is 53.3 Å². The lowest BCUT2D eigenvalue weighted by atomic mass is 9.70. The minimum absolute atomic E-state index is 0.370. The van der Waals surface area contributed by atoms with Gasteiger partial charge in [0.25, 0.3) is 0 Å². The standard InChI is InChI=1S/C59H35N3S/c1-3-15-36(16-4-1)52-35-53(37-17-5-2-6-18-37)61-58(60-52)62-54-26-14-10-22-43(54)45-31-38(27-29-55(45)62)39-28-30-56-46(32-39)47-33-51-44(34-57(47)63-56)42-21-9-13-25-50(42)59(51)48-23-11-7-19-40(48)41-20-8-12-24-49(41)59/h1-35H. The van der Waals surface area contributed by atoms with Crippen molar-refractivity contribution in [1.82, 2.24) is 14.5 Å². The van der Waals surface area contributed by atoms with Crippen LogP contribution in [0.15, 0.2) is 212 Å². The number of benzene rings is 9. The van der Waals surface area contributed by atoms with Crippen molar-refractivity contribution < 1.29 is 0 Å². The summed E-state index contributed by atoms with van der Waals surface area (Å²) in [5.74, 6) is 0.653. The van der Waals surface area contributed by atoms with Crippen molar-refractivity contribution in [2.45, 2.75) is 5.41 Å². The van der Waals surface area contributed by atoms with Crippen molar-refractivity contribution in [3.05, 3.63) is 235 Å². The number of hydrogen-bond donors (Lipinski definition) is 0. The van der Waals surface area contributed by atoms with Gasteiger partial charge in [0.15, 0.2) is 0 Å². The second-order valence-electron chi connectivity index (χ2n) is 16.8. The minimum Gasteiger partial charge on any atom is -0.278 e. The summed E-state index contributed by atoms with van der Waals surface area (Å²) < 4.78 is 4.85. The molecule has 1 spiro atoms. The van der Waals surface area contributed by atoms with Crippen molar-refractivity contribution in [3.63, 3.8) is 0 Å². The number of rotatable bonds is 4. The maximum atomic E-state index is 5.25. The van der Waals surface area contributed by atoms with E-state index in [1.54, 1.807) is 0 Å². The molecule has 2 aliphatic rings. The van der Waals surface area contributed by atoms with Gasteiger partial charge in [-0.1, -0.05) is 164 Å². The van der Waals surface area contributed by atoms with Crippen molar-refractivity contribution in [2.24, 2.45) is 0 Å². The SMILES string of the molecule is c1ccc(-c2cc(-c3ccccc3)nc(-n3c4ccccc4c4cc(-c5ccc6sc7cc8c(cc7c6c5)C5(c6ccccc6-c6ccccc65)c5ccccc5-8)ccc43)n2)cc1.